The number of hydrogen-bond acceptors (Lipinski definition) is 3. The fourth-order valence-electron chi connectivity index (χ4n) is 1.43. The van der Waals surface area contributed by atoms with Gasteiger partial charge in [0.1, 0.15) is 0 Å². The van der Waals surface area contributed by atoms with Crippen molar-refractivity contribution in [2.75, 3.05) is 0 Å². The van der Waals surface area contributed by atoms with Gasteiger partial charge in [-0.3, -0.25) is 4.79 Å². The minimum Gasteiger partial charge on any atom is -0.305 e. The van der Waals surface area contributed by atoms with Crippen LogP contribution in [-0.4, -0.2) is 4.57 Å². The van der Waals surface area contributed by atoms with Gasteiger partial charge in [-0.15, -0.1) is 0 Å². The Morgan fingerprint density at radius 3 is 3.00 bits per heavy atom. The van der Waals surface area contributed by atoms with Gasteiger partial charge < -0.3 is 4.57 Å². The van der Waals surface area contributed by atoms with Gasteiger partial charge in [0.25, 0.3) is 0 Å². The number of hydrogen-bond donors (Lipinski definition) is 0. The van der Waals surface area contributed by atoms with E-state index >= 15 is 0 Å². The summed E-state index contributed by atoms with van der Waals surface area (Å²) >= 11 is 1.19. The topological polar surface area (TPSA) is 45.8 Å². The van der Waals surface area contributed by atoms with Crippen LogP contribution in [0.25, 0.3) is 0 Å². The number of nitrogens with zero attached hydrogens (tertiary/aromatic N) is 2. The van der Waals surface area contributed by atoms with Gasteiger partial charge in [0, 0.05) is 18.1 Å². The Hall–Kier alpha value is -1.08. The molecule has 1 aromatic rings. The van der Waals surface area contributed by atoms with E-state index in [-0.39, 0.29) is 10.8 Å². The molecule has 0 aromatic carbocycles. The highest BCUT2D eigenvalue weighted by molar-refractivity contribution is 7.07. The van der Waals surface area contributed by atoms with Gasteiger partial charge in [0.2, 0.25) is 0 Å². The summed E-state index contributed by atoms with van der Waals surface area (Å²) < 4.78 is 1.64. The fourth-order valence-corrected chi connectivity index (χ4v) is 2.03. The molecule has 1 unspecified atom stereocenters. The van der Waals surface area contributed by atoms with Crippen molar-refractivity contribution in [1.82, 2.24) is 4.57 Å². The van der Waals surface area contributed by atoms with Crippen molar-refractivity contribution >= 4 is 11.3 Å². The molecular formula is C9H10N2OS. The van der Waals surface area contributed by atoms with Crippen molar-refractivity contribution in [3.05, 3.63) is 21.2 Å². The number of thiazole rings is 1. The van der Waals surface area contributed by atoms with Crippen molar-refractivity contribution in [3.63, 3.8) is 0 Å². The monoisotopic (exact) mass is 194 g/mol. The number of aromatic nitrogens is 1. The van der Waals surface area contributed by atoms with Gasteiger partial charge in [0.15, 0.2) is 0 Å². The van der Waals surface area contributed by atoms with Crippen LogP contribution in [0.1, 0.15) is 12.8 Å². The highest BCUT2D eigenvalue weighted by atomic mass is 32.1. The first-order chi connectivity index (χ1) is 6.31. The molecule has 3 nitrogen and oxygen atoms in total. The smallest absolute Gasteiger partial charge is 0.305 e. The van der Waals surface area contributed by atoms with Crippen LogP contribution in [0.4, 0.5) is 0 Å². The quantitative estimate of drug-likeness (QED) is 0.731. The number of rotatable bonds is 3. The molecule has 1 atom stereocenters. The van der Waals surface area contributed by atoms with Crippen LogP contribution in [-0.2, 0) is 6.54 Å². The summed E-state index contributed by atoms with van der Waals surface area (Å²) in [7, 11) is 0. The Bertz CT molecular complexity index is 383. The Morgan fingerprint density at radius 2 is 2.54 bits per heavy atom. The normalized spacial score (nSPS) is 18.1. The number of nitriles is 1. The lowest BCUT2D eigenvalue weighted by Gasteiger charge is -2.06. The largest absolute Gasteiger partial charge is 0.307 e. The summed E-state index contributed by atoms with van der Waals surface area (Å²) in [4.78, 5) is 11.2. The lowest BCUT2D eigenvalue weighted by Crippen LogP contribution is -2.18. The molecule has 68 valence electrons. The van der Waals surface area contributed by atoms with Crippen LogP contribution in [0.15, 0.2) is 16.4 Å². The van der Waals surface area contributed by atoms with Crippen molar-refractivity contribution in [2.45, 2.75) is 19.4 Å². The van der Waals surface area contributed by atoms with E-state index in [1.807, 2.05) is 0 Å². The summed E-state index contributed by atoms with van der Waals surface area (Å²) in [5.41, 5.74) is 0. The van der Waals surface area contributed by atoms with Crippen molar-refractivity contribution in [2.24, 2.45) is 11.8 Å². The van der Waals surface area contributed by atoms with E-state index in [0.29, 0.717) is 12.5 Å². The Labute approximate surface area is 80.2 Å². The molecule has 0 bridgehead atoms. The molecule has 0 radical (unpaired) electrons. The maximum Gasteiger partial charge on any atom is 0.307 e. The minimum absolute atomic E-state index is 0.0345. The third kappa shape index (κ3) is 1.81. The summed E-state index contributed by atoms with van der Waals surface area (Å²) in [6.45, 7) is 0.573. The molecule has 2 rings (SSSR count). The second-order valence-corrected chi connectivity index (χ2v) is 4.25. The van der Waals surface area contributed by atoms with Crippen LogP contribution in [0.2, 0.25) is 0 Å². The van der Waals surface area contributed by atoms with Crippen LogP contribution in [0, 0.1) is 23.2 Å². The Morgan fingerprint density at radius 1 is 1.77 bits per heavy atom. The zero-order valence-electron chi connectivity index (χ0n) is 7.14. The molecule has 1 aromatic heterocycles. The van der Waals surface area contributed by atoms with Gasteiger partial charge in [0.05, 0.1) is 12.0 Å². The van der Waals surface area contributed by atoms with E-state index in [2.05, 4.69) is 6.07 Å². The highest BCUT2D eigenvalue weighted by Gasteiger charge is 2.31. The van der Waals surface area contributed by atoms with Gasteiger partial charge in [-0.1, -0.05) is 11.3 Å². The van der Waals surface area contributed by atoms with Gasteiger partial charge in [-0.05, 0) is 18.8 Å². The molecule has 0 spiro atoms. The molecule has 0 saturated heterocycles. The van der Waals surface area contributed by atoms with Crippen molar-refractivity contribution < 1.29 is 0 Å². The molecular weight excluding hydrogens is 184 g/mol. The summed E-state index contributed by atoms with van der Waals surface area (Å²) in [5, 5.41) is 10.6. The van der Waals surface area contributed by atoms with Crippen molar-refractivity contribution in [1.29, 1.82) is 5.26 Å². The molecule has 1 aliphatic rings. The molecule has 1 heterocycles. The Balaban J connectivity index is 2.08. The first kappa shape index (κ1) is 8.52. The average molecular weight is 194 g/mol. The Kier molecular flexibility index (Phi) is 2.19. The first-order valence-corrected chi connectivity index (χ1v) is 5.23. The summed E-state index contributed by atoms with van der Waals surface area (Å²) in [6.07, 6.45) is 4.06. The molecule has 1 saturated carbocycles. The zero-order valence-corrected chi connectivity index (χ0v) is 7.96. The van der Waals surface area contributed by atoms with E-state index in [1.165, 1.54) is 11.3 Å². The van der Waals surface area contributed by atoms with Crippen LogP contribution in [0.3, 0.4) is 0 Å². The van der Waals surface area contributed by atoms with Crippen LogP contribution < -0.4 is 4.87 Å². The predicted octanol–water partition coefficient (Wildman–Crippen LogP) is 1.46. The average Bonchev–Trinajstić information content (AvgIpc) is 2.88. The molecule has 1 aliphatic carbocycles. The van der Waals surface area contributed by atoms with E-state index in [0.717, 1.165) is 12.8 Å². The molecule has 0 aliphatic heterocycles. The minimum atomic E-state index is 0.0345. The maximum atomic E-state index is 11.2. The van der Waals surface area contributed by atoms with Crippen LogP contribution >= 0.6 is 11.3 Å². The third-order valence-electron chi connectivity index (χ3n) is 2.39. The highest BCUT2D eigenvalue weighted by Crippen LogP contribution is 2.37. The first-order valence-electron chi connectivity index (χ1n) is 4.35. The van der Waals surface area contributed by atoms with E-state index in [4.69, 9.17) is 5.26 Å². The lowest BCUT2D eigenvalue weighted by atomic mass is 10.1. The molecule has 4 heteroatoms. The van der Waals surface area contributed by atoms with E-state index in [1.54, 1.807) is 16.1 Å². The van der Waals surface area contributed by atoms with Crippen molar-refractivity contribution in [3.8, 4) is 6.07 Å². The fraction of sp³-hybridized carbons (Fsp3) is 0.556. The lowest BCUT2D eigenvalue weighted by molar-refractivity contribution is 0.483. The van der Waals surface area contributed by atoms with E-state index < -0.39 is 0 Å². The predicted molar refractivity (Wildman–Crippen MR) is 50.4 cm³/mol. The second-order valence-electron chi connectivity index (χ2n) is 3.39. The maximum absolute atomic E-state index is 11.2. The molecule has 1 fully saturated rings. The molecule has 13 heavy (non-hydrogen) atoms. The van der Waals surface area contributed by atoms with Gasteiger partial charge >= 0.3 is 4.87 Å². The third-order valence-corrected chi connectivity index (χ3v) is 3.09. The second kappa shape index (κ2) is 3.35. The van der Waals surface area contributed by atoms with Crippen LogP contribution in [0.5, 0.6) is 0 Å². The summed E-state index contributed by atoms with van der Waals surface area (Å²) in [6, 6.07) is 2.27. The van der Waals surface area contributed by atoms with Gasteiger partial charge in [-0.25, -0.2) is 0 Å². The molecule has 0 N–H and O–H groups in total. The molecule has 0 amide bonds. The van der Waals surface area contributed by atoms with E-state index in [9.17, 15) is 4.79 Å². The zero-order chi connectivity index (χ0) is 9.26. The standard InChI is InChI=1S/C9H10N2OS/c10-5-8(7-1-2-7)6-11-3-4-13-9(11)12/h3-4,7-8H,1-2,6H2. The summed E-state index contributed by atoms with van der Waals surface area (Å²) in [5.74, 6) is 0.573. The van der Waals surface area contributed by atoms with Gasteiger partial charge in [-0.2, -0.15) is 5.26 Å². The SMILES string of the molecule is N#CC(Cn1ccsc1=O)C1CC1.